The minimum Gasteiger partial charge on any atom is -0.460 e. The normalized spacial score (nSPS) is 20.4. The summed E-state index contributed by atoms with van der Waals surface area (Å²) in [5.41, 5.74) is 1.15. The van der Waals surface area contributed by atoms with Crippen LogP contribution >= 0.6 is 0 Å². The van der Waals surface area contributed by atoms with E-state index < -0.39 is 0 Å². The summed E-state index contributed by atoms with van der Waals surface area (Å²) < 4.78 is 16.7. The van der Waals surface area contributed by atoms with E-state index in [9.17, 15) is 4.79 Å². The maximum absolute atomic E-state index is 13.4. The van der Waals surface area contributed by atoms with Crippen LogP contribution in [0.3, 0.4) is 0 Å². The van der Waals surface area contributed by atoms with E-state index >= 15 is 0 Å². The average molecular weight is 431 g/mol. The number of ether oxygens (including phenoxy) is 2. The van der Waals surface area contributed by atoms with Gasteiger partial charge < -0.3 is 23.7 Å². The second-order valence-electron chi connectivity index (χ2n) is 8.70. The van der Waals surface area contributed by atoms with Crippen molar-refractivity contribution in [2.45, 2.75) is 38.7 Å². The van der Waals surface area contributed by atoms with Gasteiger partial charge in [0.2, 0.25) is 0 Å². The van der Waals surface area contributed by atoms with Gasteiger partial charge in [0.15, 0.2) is 11.5 Å². The van der Waals surface area contributed by atoms with E-state index in [1.54, 1.807) is 13.2 Å². The monoisotopic (exact) mass is 430 g/mol. The van der Waals surface area contributed by atoms with Crippen molar-refractivity contribution in [3.8, 4) is 11.5 Å². The minimum absolute atomic E-state index is 0.0388. The van der Waals surface area contributed by atoms with E-state index in [-0.39, 0.29) is 12.0 Å². The van der Waals surface area contributed by atoms with Gasteiger partial charge >= 0.3 is 0 Å². The van der Waals surface area contributed by atoms with Gasteiger partial charge in [-0.3, -0.25) is 9.89 Å². The van der Waals surface area contributed by atoms with Crippen molar-refractivity contribution in [2.75, 3.05) is 53.0 Å². The first-order valence-electron chi connectivity index (χ1n) is 11.4. The van der Waals surface area contributed by atoms with E-state index in [1.165, 1.54) is 0 Å². The summed E-state index contributed by atoms with van der Waals surface area (Å²) in [4.78, 5) is 17.8. The summed E-state index contributed by atoms with van der Waals surface area (Å²) in [6.07, 6.45) is 4.38. The highest BCUT2D eigenvalue weighted by molar-refractivity contribution is 5.93. The van der Waals surface area contributed by atoms with Gasteiger partial charge in [-0.2, -0.15) is 5.10 Å². The number of hydrogen-bond acceptors (Lipinski definition) is 6. The molecule has 0 aliphatic carbocycles. The van der Waals surface area contributed by atoms with Crippen LogP contribution in [0.1, 0.15) is 41.9 Å². The molecule has 2 aromatic heterocycles. The first kappa shape index (κ1) is 22.0. The molecule has 0 spiro atoms. The number of aryl methyl sites for hydroxylation is 1. The minimum atomic E-state index is -0.0388. The summed E-state index contributed by atoms with van der Waals surface area (Å²) >= 11 is 0. The van der Waals surface area contributed by atoms with Crippen molar-refractivity contribution < 1.29 is 18.7 Å². The zero-order chi connectivity index (χ0) is 21.6. The SMILES string of the molecule is COCCN1CCC(CN(C[C@@H]2CCCO2)C(=O)c2cc(-c3ccc(C)o3)[nH]n2)CC1. The number of rotatable bonds is 9. The zero-order valence-corrected chi connectivity index (χ0v) is 18.6. The number of aromatic nitrogens is 2. The van der Waals surface area contributed by atoms with Gasteiger partial charge in [-0.1, -0.05) is 0 Å². The molecule has 31 heavy (non-hydrogen) atoms. The lowest BCUT2D eigenvalue weighted by Gasteiger charge is -2.35. The summed E-state index contributed by atoms with van der Waals surface area (Å²) in [6.45, 7) is 7.92. The molecule has 1 atom stereocenters. The number of H-pyrrole nitrogens is 1. The highest BCUT2D eigenvalue weighted by Crippen LogP contribution is 2.24. The van der Waals surface area contributed by atoms with Crippen LogP contribution in [-0.2, 0) is 9.47 Å². The number of carbonyl (C=O) groups is 1. The van der Waals surface area contributed by atoms with E-state index in [4.69, 9.17) is 13.9 Å². The zero-order valence-electron chi connectivity index (χ0n) is 18.6. The Labute approximate surface area is 183 Å². The third kappa shape index (κ3) is 5.75. The molecule has 4 rings (SSSR count). The van der Waals surface area contributed by atoms with Crippen LogP contribution in [0.25, 0.3) is 11.5 Å². The van der Waals surface area contributed by atoms with Crippen molar-refractivity contribution in [1.82, 2.24) is 20.0 Å². The predicted molar refractivity (Wildman–Crippen MR) is 117 cm³/mol. The Hall–Kier alpha value is -2.16. The van der Waals surface area contributed by atoms with Gasteiger partial charge in [0, 0.05) is 39.4 Å². The first-order valence-corrected chi connectivity index (χ1v) is 11.4. The van der Waals surface area contributed by atoms with E-state index in [0.717, 1.165) is 76.5 Å². The summed E-state index contributed by atoms with van der Waals surface area (Å²) in [7, 11) is 1.74. The number of piperidine rings is 1. The van der Waals surface area contributed by atoms with Crippen molar-refractivity contribution in [3.63, 3.8) is 0 Å². The molecule has 0 saturated carbocycles. The molecule has 8 nitrogen and oxygen atoms in total. The Bertz CT molecular complexity index is 834. The van der Waals surface area contributed by atoms with Crippen LogP contribution in [-0.4, -0.2) is 85.1 Å². The standard InChI is InChI=1S/C23H34N4O4/c1-17-5-6-22(31-17)20-14-21(25-24-20)23(28)27(16-19-4-3-12-30-19)15-18-7-9-26(10-8-18)11-13-29-2/h5-6,14,18-19H,3-4,7-13,15-16H2,1-2H3,(H,24,25)/t19-/m0/s1. The Morgan fingerprint density at radius 3 is 2.81 bits per heavy atom. The molecule has 8 heteroatoms. The van der Waals surface area contributed by atoms with Gasteiger partial charge in [-0.15, -0.1) is 0 Å². The molecular formula is C23H34N4O4. The summed E-state index contributed by atoms with van der Waals surface area (Å²) in [6, 6.07) is 5.58. The molecule has 0 unspecified atom stereocenters. The number of carbonyl (C=O) groups excluding carboxylic acids is 1. The molecule has 0 bridgehead atoms. The Balaban J connectivity index is 1.41. The Morgan fingerprint density at radius 1 is 1.29 bits per heavy atom. The molecule has 2 fully saturated rings. The number of furan rings is 1. The summed E-state index contributed by atoms with van der Waals surface area (Å²) in [5.74, 6) is 1.98. The fourth-order valence-electron chi connectivity index (χ4n) is 4.50. The second-order valence-corrected chi connectivity index (χ2v) is 8.70. The van der Waals surface area contributed by atoms with Crippen molar-refractivity contribution >= 4 is 5.91 Å². The number of methoxy groups -OCH3 is 1. The van der Waals surface area contributed by atoms with Crippen LogP contribution < -0.4 is 0 Å². The van der Waals surface area contributed by atoms with E-state index in [1.807, 2.05) is 24.0 Å². The van der Waals surface area contributed by atoms with Crippen molar-refractivity contribution in [1.29, 1.82) is 0 Å². The molecule has 2 aliphatic rings. The van der Waals surface area contributed by atoms with Crippen LogP contribution in [0.4, 0.5) is 0 Å². The lowest BCUT2D eigenvalue weighted by molar-refractivity contribution is 0.0433. The van der Waals surface area contributed by atoms with Crippen LogP contribution in [0.2, 0.25) is 0 Å². The molecule has 170 valence electrons. The molecule has 1 N–H and O–H groups in total. The van der Waals surface area contributed by atoms with Gasteiger partial charge in [0.05, 0.1) is 12.7 Å². The fourth-order valence-corrected chi connectivity index (χ4v) is 4.50. The largest absolute Gasteiger partial charge is 0.460 e. The Kier molecular flexibility index (Phi) is 7.42. The molecule has 2 saturated heterocycles. The fraction of sp³-hybridized carbons (Fsp3) is 0.652. The molecule has 4 heterocycles. The maximum Gasteiger partial charge on any atom is 0.274 e. The lowest BCUT2D eigenvalue weighted by Crippen LogP contribution is -2.44. The predicted octanol–water partition coefficient (Wildman–Crippen LogP) is 2.96. The van der Waals surface area contributed by atoms with Crippen LogP contribution in [0.5, 0.6) is 0 Å². The summed E-state index contributed by atoms with van der Waals surface area (Å²) in [5, 5.41) is 7.25. The van der Waals surface area contributed by atoms with Gasteiger partial charge in [-0.05, 0) is 63.7 Å². The molecule has 2 aliphatic heterocycles. The third-order valence-electron chi connectivity index (χ3n) is 6.34. The number of amides is 1. The highest BCUT2D eigenvalue weighted by Gasteiger charge is 2.29. The number of nitrogens with one attached hydrogen (secondary N) is 1. The number of likely N-dealkylation sites (tertiary alicyclic amines) is 1. The van der Waals surface area contributed by atoms with Crippen LogP contribution in [0, 0.1) is 12.8 Å². The molecule has 2 aromatic rings. The number of aromatic amines is 1. The number of nitrogens with zero attached hydrogens (tertiary/aromatic N) is 3. The van der Waals surface area contributed by atoms with Crippen molar-refractivity contribution in [3.05, 3.63) is 29.7 Å². The average Bonchev–Trinajstić information content (AvgIpc) is 3.54. The van der Waals surface area contributed by atoms with Crippen LogP contribution in [0.15, 0.2) is 22.6 Å². The number of hydrogen-bond donors (Lipinski definition) is 1. The third-order valence-corrected chi connectivity index (χ3v) is 6.34. The highest BCUT2D eigenvalue weighted by atomic mass is 16.5. The van der Waals surface area contributed by atoms with Gasteiger partial charge in [-0.25, -0.2) is 0 Å². The molecule has 0 aromatic carbocycles. The van der Waals surface area contributed by atoms with Gasteiger partial charge in [0.25, 0.3) is 5.91 Å². The quantitative estimate of drug-likeness (QED) is 0.659. The smallest absolute Gasteiger partial charge is 0.274 e. The molecular weight excluding hydrogens is 396 g/mol. The first-order chi connectivity index (χ1) is 15.1. The van der Waals surface area contributed by atoms with Gasteiger partial charge in [0.1, 0.15) is 11.5 Å². The molecule has 0 radical (unpaired) electrons. The molecule has 1 amide bonds. The lowest BCUT2D eigenvalue weighted by atomic mass is 9.95. The van der Waals surface area contributed by atoms with E-state index in [0.29, 0.717) is 23.9 Å². The Morgan fingerprint density at radius 2 is 2.13 bits per heavy atom. The van der Waals surface area contributed by atoms with Crippen molar-refractivity contribution in [2.24, 2.45) is 5.92 Å². The maximum atomic E-state index is 13.4. The van der Waals surface area contributed by atoms with E-state index in [2.05, 4.69) is 15.1 Å². The topological polar surface area (TPSA) is 83.8 Å². The second kappa shape index (κ2) is 10.4.